The largest absolute Gasteiger partial charge is 0.383 e. The molecule has 0 aromatic carbocycles. The van der Waals surface area contributed by atoms with Crippen LogP contribution in [0.4, 0.5) is 11.6 Å². The van der Waals surface area contributed by atoms with E-state index in [4.69, 9.17) is 10.6 Å². The van der Waals surface area contributed by atoms with Crippen LogP contribution in [-0.2, 0) is 10.2 Å². The second-order valence-corrected chi connectivity index (χ2v) is 5.76. The van der Waals surface area contributed by atoms with Crippen LogP contribution in [0.5, 0.6) is 0 Å². The van der Waals surface area contributed by atoms with Gasteiger partial charge in [-0.05, 0) is 13.8 Å². The Hall–Kier alpha value is -1.40. The van der Waals surface area contributed by atoms with Crippen molar-refractivity contribution in [2.24, 2.45) is 5.84 Å². The molecule has 0 fully saturated rings. The number of hydrogen-bond acceptors (Lipinski definition) is 6. The third-order valence-corrected chi connectivity index (χ3v) is 2.75. The summed E-state index contributed by atoms with van der Waals surface area (Å²) in [5.74, 6) is 7.71. The van der Waals surface area contributed by atoms with Gasteiger partial charge in [0, 0.05) is 24.1 Å². The summed E-state index contributed by atoms with van der Waals surface area (Å²) in [7, 11) is 1.68. The zero-order valence-corrected chi connectivity index (χ0v) is 12.7. The average Bonchev–Trinajstić information content (AvgIpc) is 2.30. The Labute approximate surface area is 115 Å². The van der Waals surface area contributed by atoms with E-state index in [1.807, 2.05) is 13.8 Å². The van der Waals surface area contributed by atoms with Gasteiger partial charge in [-0.1, -0.05) is 20.8 Å². The standard InChI is InChI=1S/C13H25N5O/c1-8(7-19-6)15-10-9(2)11(18-14)17-12(16-10)13(3,4)5/h8H,7,14H2,1-6H3,(H2,15,16,17,18). The summed E-state index contributed by atoms with van der Waals surface area (Å²) in [6, 6.07) is 0.164. The number of nitrogen functional groups attached to an aromatic ring is 1. The van der Waals surface area contributed by atoms with Crippen LogP contribution in [0.25, 0.3) is 0 Å². The first-order valence-electron chi connectivity index (χ1n) is 6.40. The van der Waals surface area contributed by atoms with Gasteiger partial charge in [0.05, 0.1) is 6.61 Å². The van der Waals surface area contributed by atoms with Gasteiger partial charge >= 0.3 is 0 Å². The second kappa shape index (κ2) is 6.16. The molecule has 0 aliphatic carbocycles. The molecule has 1 heterocycles. The molecule has 0 amide bonds. The van der Waals surface area contributed by atoms with E-state index in [2.05, 4.69) is 41.5 Å². The van der Waals surface area contributed by atoms with Crippen molar-refractivity contribution in [1.82, 2.24) is 9.97 Å². The molecule has 0 radical (unpaired) electrons. The summed E-state index contributed by atoms with van der Waals surface area (Å²) >= 11 is 0. The number of hydrazine groups is 1. The van der Waals surface area contributed by atoms with Gasteiger partial charge in [-0.15, -0.1) is 0 Å². The second-order valence-electron chi connectivity index (χ2n) is 5.76. The summed E-state index contributed by atoms with van der Waals surface area (Å²) in [4.78, 5) is 9.06. The number of aromatic nitrogens is 2. The molecule has 1 aromatic heterocycles. The van der Waals surface area contributed by atoms with Crippen molar-refractivity contribution in [1.29, 1.82) is 0 Å². The van der Waals surface area contributed by atoms with Gasteiger partial charge < -0.3 is 15.5 Å². The van der Waals surface area contributed by atoms with Crippen molar-refractivity contribution in [3.05, 3.63) is 11.4 Å². The Morgan fingerprint density at radius 1 is 1.26 bits per heavy atom. The van der Waals surface area contributed by atoms with E-state index in [9.17, 15) is 0 Å². The van der Waals surface area contributed by atoms with E-state index in [1.165, 1.54) is 0 Å². The first kappa shape index (κ1) is 15.7. The highest BCUT2D eigenvalue weighted by atomic mass is 16.5. The molecule has 6 heteroatoms. The first-order valence-corrected chi connectivity index (χ1v) is 6.40. The molecule has 4 N–H and O–H groups in total. The lowest BCUT2D eigenvalue weighted by Gasteiger charge is -2.22. The number of nitrogens with one attached hydrogen (secondary N) is 2. The fourth-order valence-electron chi connectivity index (χ4n) is 1.66. The van der Waals surface area contributed by atoms with Crippen molar-refractivity contribution in [2.75, 3.05) is 24.5 Å². The van der Waals surface area contributed by atoms with Gasteiger partial charge in [-0.25, -0.2) is 15.8 Å². The molecule has 1 aromatic rings. The maximum Gasteiger partial charge on any atom is 0.148 e. The predicted molar refractivity (Wildman–Crippen MR) is 78.2 cm³/mol. The maximum absolute atomic E-state index is 5.53. The Bertz CT molecular complexity index is 428. The van der Waals surface area contributed by atoms with E-state index in [0.29, 0.717) is 12.4 Å². The third-order valence-electron chi connectivity index (χ3n) is 2.75. The fraction of sp³-hybridized carbons (Fsp3) is 0.692. The van der Waals surface area contributed by atoms with E-state index in [0.717, 1.165) is 17.2 Å². The minimum atomic E-state index is -0.139. The number of hydrogen-bond donors (Lipinski definition) is 3. The van der Waals surface area contributed by atoms with Crippen LogP contribution in [0.3, 0.4) is 0 Å². The number of methoxy groups -OCH3 is 1. The van der Waals surface area contributed by atoms with Gasteiger partial charge in [0.1, 0.15) is 17.5 Å². The van der Waals surface area contributed by atoms with Crippen LogP contribution >= 0.6 is 0 Å². The Morgan fingerprint density at radius 2 is 1.84 bits per heavy atom. The summed E-state index contributed by atoms with van der Waals surface area (Å²) < 4.78 is 5.12. The molecule has 108 valence electrons. The molecule has 0 bridgehead atoms. The molecule has 6 nitrogen and oxygen atoms in total. The van der Waals surface area contributed by atoms with Gasteiger partial charge in [0.2, 0.25) is 0 Å². The lowest BCUT2D eigenvalue weighted by atomic mass is 9.95. The number of nitrogens with zero attached hydrogens (tertiary/aromatic N) is 2. The Morgan fingerprint density at radius 3 is 2.32 bits per heavy atom. The normalized spacial score (nSPS) is 13.2. The monoisotopic (exact) mass is 267 g/mol. The quantitative estimate of drug-likeness (QED) is 0.557. The molecule has 1 unspecified atom stereocenters. The van der Waals surface area contributed by atoms with Gasteiger partial charge in [-0.2, -0.15) is 0 Å². The Balaban J connectivity index is 3.15. The zero-order valence-electron chi connectivity index (χ0n) is 12.7. The maximum atomic E-state index is 5.53. The van der Waals surface area contributed by atoms with Crippen LogP contribution in [0.15, 0.2) is 0 Å². The predicted octanol–water partition coefficient (Wildman–Crippen LogP) is 1.81. The first-order chi connectivity index (χ1) is 8.79. The third kappa shape index (κ3) is 4.04. The molecule has 0 spiro atoms. The highest BCUT2D eigenvalue weighted by molar-refractivity contribution is 5.57. The molecular weight excluding hydrogens is 242 g/mol. The molecule has 19 heavy (non-hydrogen) atoms. The summed E-state index contributed by atoms with van der Waals surface area (Å²) in [5, 5.41) is 3.33. The molecular formula is C13H25N5O. The summed E-state index contributed by atoms with van der Waals surface area (Å²) in [5.41, 5.74) is 3.39. The van der Waals surface area contributed by atoms with Gasteiger partial charge in [-0.3, -0.25) is 0 Å². The van der Waals surface area contributed by atoms with Crippen molar-refractivity contribution < 1.29 is 4.74 Å². The highest BCUT2D eigenvalue weighted by Crippen LogP contribution is 2.26. The van der Waals surface area contributed by atoms with Crippen LogP contribution in [0.2, 0.25) is 0 Å². The lowest BCUT2D eigenvalue weighted by Crippen LogP contribution is -2.25. The van der Waals surface area contributed by atoms with Crippen LogP contribution in [-0.4, -0.2) is 29.7 Å². The van der Waals surface area contributed by atoms with E-state index in [-0.39, 0.29) is 11.5 Å². The summed E-state index contributed by atoms with van der Waals surface area (Å²) in [6.07, 6.45) is 0. The number of nitrogens with two attached hydrogens (primary N) is 1. The lowest BCUT2D eigenvalue weighted by molar-refractivity contribution is 0.190. The van der Waals surface area contributed by atoms with Crippen molar-refractivity contribution in [3.63, 3.8) is 0 Å². The fourth-order valence-corrected chi connectivity index (χ4v) is 1.66. The van der Waals surface area contributed by atoms with Crippen molar-refractivity contribution in [2.45, 2.75) is 46.1 Å². The van der Waals surface area contributed by atoms with Crippen LogP contribution in [0.1, 0.15) is 39.1 Å². The molecule has 0 saturated heterocycles. The molecule has 1 atom stereocenters. The van der Waals surface area contributed by atoms with Gasteiger partial charge in [0.15, 0.2) is 0 Å². The minimum absolute atomic E-state index is 0.139. The number of rotatable bonds is 5. The smallest absolute Gasteiger partial charge is 0.148 e. The zero-order chi connectivity index (χ0) is 14.6. The van der Waals surface area contributed by atoms with E-state index in [1.54, 1.807) is 7.11 Å². The van der Waals surface area contributed by atoms with Gasteiger partial charge in [0.25, 0.3) is 0 Å². The molecule has 0 saturated carbocycles. The minimum Gasteiger partial charge on any atom is -0.383 e. The SMILES string of the molecule is COCC(C)Nc1nc(C(C)(C)C)nc(NN)c1C. The van der Waals surface area contributed by atoms with E-state index < -0.39 is 0 Å². The topological polar surface area (TPSA) is 85.1 Å². The highest BCUT2D eigenvalue weighted by Gasteiger charge is 2.21. The number of anilines is 2. The average molecular weight is 267 g/mol. The molecule has 0 aliphatic rings. The number of ether oxygens (including phenoxy) is 1. The van der Waals surface area contributed by atoms with Crippen molar-refractivity contribution in [3.8, 4) is 0 Å². The molecule has 1 rings (SSSR count). The summed E-state index contributed by atoms with van der Waals surface area (Å²) in [6.45, 7) is 10.8. The molecule has 0 aliphatic heterocycles. The van der Waals surface area contributed by atoms with E-state index >= 15 is 0 Å². The van der Waals surface area contributed by atoms with Crippen LogP contribution < -0.4 is 16.6 Å². The Kier molecular flexibility index (Phi) is 5.08. The van der Waals surface area contributed by atoms with Crippen molar-refractivity contribution >= 4 is 11.6 Å². The van der Waals surface area contributed by atoms with Crippen LogP contribution in [0, 0.1) is 6.92 Å².